The van der Waals surface area contributed by atoms with Crippen LogP contribution in [0.1, 0.15) is 32.0 Å². The van der Waals surface area contributed by atoms with Crippen LogP contribution in [0.2, 0.25) is 0 Å². The standard InChI is InChI=1S/C18H26N4O2S/c1-3-20(4-2)13-11-17-15-21(14-16-10-12-19-22(16)17)25(23,24)18-8-6-5-7-9-18/h5-10,12,17H,3-4,11,13-15H2,1-2H3/t17-/m1/s1. The van der Waals surface area contributed by atoms with Gasteiger partial charge in [-0.15, -0.1) is 0 Å². The molecule has 0 saturated carbocycles. The summed E-state index contributed by atoms with van der Waals surface area (Å²) in [4.78, 5) is 2.71. The smallest absolute Gasteiger partial charge is 0.243 e. The third kappa shape index (κ3) is 3.78. The molecule has 0 bridgehead atoms. The topological polar surface area (TPSA) is 58.4 Å². The van der Waals surface area contributed by atoms with Crippen molar-refractivity contribution in [3.05, 3.63) is 48.3 Å². The predicted molar refractivity (Wildman–Crippen MR) is 97.7 cm³/mol. The monoisotopic (exact) mass is 362 g/mol. The van der Waals surface area contributed by atoms with Gasteiger partial charge in [-0.1, -0.05) is 32.0 Å². The third-order valence-corrected chi connectivity index (χ3v) is 6.73. The highest BCUT2D eigenvalue weighted by Crippen LogP contribution is 2.28. The summed E-state index contributed by atoms with van der Waals surface area (Å²) in [5, 5.41) is 4.43. The van der Waals surface area contributed by atoms with Gasteiger partial charge in [-0.05, 0) is 37.7 Å². The molecule has 1 aliphatic rings. The molecule has 0 saturated heterocycles. The molecule has 0 fully saturated rings. The highest BCUT2D eigenvalue weighted by atomic mass is 32.2. The molecule has 1 atom stereocenters. The van der Waals surface area contributed by atoms with Crippen molar-refractivity contribution in [2.24, 2.45) is 0 Å². The van der Waals surface area contributed by atoms with Crippen molar-refractivity contribution in [3.63, 3.8) is 0 Å². The van der Waals surface area contributed by atoms with Gasteiger partial charge in [0.1, 0.15) is 0 Å². The van der Waals surface area contributed by atoms with Gasteiger partial charge in [0.25, 0.3) is 0 Å². The molecule has 0 radical (unpaired) electrons. The highest BCUT2D eigenvalue weighted by Gasteiger charge is 2.33. The minimum atomic E-state index is -3.49. The second-order valence-corrected chi connectivity index (χ2v) is 8.29. The molecule has 7 heteroatoms. The van der Waals surface area contributed by atoms with Crippen molar-refractivity contribution in [1.82, 2.24) is 19.0 Å². The quantitative estimate of drug-likeness (QED) is 0.759. The Bertz CT molecular complexity index is 784. The molecule has 0 aliphatic carbocycles. The maximum atomic E-state index is 13.0. The Hall–Kier alpha value is -1.70. The Kier molecular flexibility index (Phi) is 5.56. The Balaban J connectivity index is 1.82. The largest absolute Gasteiger partial charge is 0.304 e. The van der Waals surface area contributed by atoms with Gasteiger partial charge >= 0.3 is 0 Å². The van der Waals surface area contributed by atoms with Crippen LogP contribution < -0.4 is 0 Å². The Morgan fingerprint density at radius 3 is 2.56 bits per heavy atom. The lowest BCUT2D eigenvalue weighted by Crippen LogP contribution is -2.42. The summed E-state index contributed by atoms with van der Waals surface area (Å²) in [6.45, 7) is 8.08. The maximum absolute atomic E-state index is 13.0. The lowest BCUT2D eigenvalue weighted by atomic mass is 10.1. The molecule has 6 nitrogen and oxygen atoms in total. The van der Waals surface area contributed by atoms with Crippen LogP contribution >= 0.6 is 0 Å². The number of rotatable bonds is 7. The van der Waals surface area contributed by atoms with Crippen LogP contribution in [0.25, 0.3) is 0 Å². The fraction of sp³-hybridized carbons (Fsp3) is 0.500. The lowest BCUT2D eigenvalue weighted by Gasteiger charge is -2.34. The second kappa shape index (κ2) is 7.68. The number of benzene rings is 1. The molecular formula is C18H26N4O2S. The summed E-state index contributed by atoms with van der Waals surface area (Å²) in [6, 6.07) is 10.7. The van der Waals surface area contributed by atoms with Crippen LogP contribution in [0, 0.1) is 0 Å². The van der Waals surface area contributed by atoms with Crippen molar-refractivity contribution in [2.45, 2.75) is 37.8 Å². The maximum Gasteiger partial charge on any atom is 0.243 e. The number of sulfonamides is 1. The van der Waals surface area contributed by atoms with Crippen molar-refractivity contribution < 1.29 is 8.42 Å². The van der Waals surface area contributed by atoms with Crippen molar-refractivity contribution >= 4 is 10.0 Å². The van der Waals surface area contributed by atoms with Crippen LogP contribution in [0.15, 0.2) is 47.5 Å². The van der Waals surface area contributed by atoms with Gasteiger partial charge in [0.05, 0.1) is 23.2 Å². The first kappa shape index (κ1) is 18.1. The van der Waals surface area contributed by atoms with E-state index in [1.807, 2.05) is 16.8 Å². The molecule has 1 aromatic heterocycles. The molecular weight excluding hydrogens is 336 g/mol. The summed E-state index contributed by atoms with van der Waals surface area (Å²) in [6.07, 6.45) is 2.65. The van der Waals surface area contributed by atoms with Crippen LogP contribution in [0.4, 0.5) is 0 Å². The molecule has 136 valence electrons. The van der Waals surface area contributed by atoms with E-state index in [1.54, 1.807) is 34.8 Å². The molecule has 1 aromatic carbocycles. The van der Waals surface area contributed by atoms with E-state index in [1.165, 1.54) is 0 Å². The number of hydrogen-bond acceptors (Lipinski definition) is 4. The van der Waals surface area contributed by atoms with Crippen molar-refractivity contribution in [1.29, 1.82) is 0 Å². The van der Waals surface area contributed by atoms with E-state index in [0.29, 0.717) is 18.0 Å². The minimum absolute atomic E-state index is 0.0674. The zero-order chi connectivity index (χ0) is 17.9. The SMILES string of the molecule is CCN(CC)CC[C@@H]1CN(S(=O)(=O)c2ccccc2)Cc2ccnn21. The first-order valence-electron chi connectivity index (χ1n) is 8.86. The third-order valence-electron chi connectivity index (χ3n) is 4.90. The average molecular weight is 362 g/mol. The van der Waals surface area contributed by atoms with E-state index in [-0.39, 0.29) is 6.04 Å². The van der Waals surface area contributed by atoms with Gasteiger partial charge in [-0.2, -0.15) is 9.40 Å². The summed E-state index contributed by atoms with van der Waals surface area (Å²) in [7, 11) is -3.49. The Morgan fingerprint density at radius 2 is 1.88 bits per heavy atom. The number of aromatic nitrogens is 2. The molecule has 0 unspecified atom stereocenters. The van der Waals surface area contributed by atoms with Gasteiger partial charge < -0.3 is 4.90 Å². The van der Waals surface area contributed by atoms with Gasteiger partial charge in [0.15, 0.2) is 0 Å². The van der Waals surface area contributed by atoms with Gasteiger partial charge in [0.2, 0.25) is 10.0 Å². The van der Waals surface area contributed by atoms with Crippen LogP contribution in [-0.4, -0.2) is 53.6 Å². The molecule has 1 aliphatic heterocycles. The summed E-state index contributed by atoms with van der Waals surface area (Å²) in [5.41, 5.74) is 0.954. The second-order valence-electron chi connectivity index (χ2n) is 6.35. The molecule has 2 aromatic rings. The predicted octanol–water partition coefficient (Wildman–Crippen LogP) is 2.36. The van der Waals surface area contributed by atoms with E-state index in [4.69, 9.17) is 0 Å². The number of fused-ring (bicyclic) bond motifs is 1. The number of nitrogens with zero attached hydrogens (tertiary/aromatic N) is 4. The van der Waals surface area contributed by atoms with Crippen LogP contribution in [-0.2, 0) is 16.6 Å². The van der Waals surface area contributed by atoms with Crippen molar-refractivity contribution in [2.75, 3.05) is 26.2 Å². The van der Waals surface area contributed by atoms with E-state index in [9.17, 15) is 8.42 Å². The Labute approximate surface area is 150 Å². The summed E-state index contributed by atoms with van der Waals surface area (Å²) >= 11 is 0. The van der Waals surface area contributed by atoms with Gasteiger partial charge in [-0.3, -0.25) is 4.68 Å². The molecule has 0 spiro atoms. The van der Waals surface area contributed by atoms with E-state index in [2.05, 4.69) is 23.8 Å². The zero-order valence-electron chi connectivity index (χ0n) is 14.9. The summed E-state index contributed by atoms with van der Waals surface area (Å²) < 4.78 is 29.6. The van der Waals surface area contributed by atoms with Crippen molar-refractivity contribution in [3.8, 4) is 0 Å². The van der Waals surface area contributed by atoms with Crippen LogP contribution in [0.5, 0.6) is 0 Å². The average Bonchev–Trinajstić information content (AvgIpc) is 3.12. The molecule has 0 amide bonds. The van der Waals surface area contributed by atoms with Gasteiger partial charge in [0, 0.05) is 19.3 Å². The Morgan fingerprint density at radius 1 is 1.16 bits per heavy atom. The molecule has 25 heavy (non-hydrogen) atoms. The van der Waals surface area contributed by atoms with E-state index < -0.39 is 10.0 Å². The fourth-order valence-corrected chi connectivity index (χ4v) is 4.83. The number of hydrogen-bond donors (Lipinski definition) is 0. The molecule has 0 N–H and O–H groups in total. The normalized spacial score (nSPS) is 18.4. The highest BCUT2D eigenvalue weighted by molar-refractivity contribution is 7.89. The molecule has 3 rings (SSSR count). The lowest BCUT2D eigenvalue weighted by molar-refractivity contribution is 0.218. The minimum Gasteiger partial charge on any atom is -0.304 e. The van der Waals surface area contributed by atoms with Crippen LogP contribution in [0.3, 0.4) is 0 Å². The van der Waals surface area contributed by atoms with E-state index >= 15 is 0 Å². The van der Waals surface area contributed by atoms with E-state index in [0.717, 1.165) is 31.7 Å². The summed E-state index contributed by atoms with van der Waals surface area (Å²) in [5.74, 6) is 0. The molecule has 2 heterocycles. The zero-order valence-corrected chi connectivity index (χ0v) is 15.7. The van der Waals surface area contributed by atoms with Gasteiger partial charge in [-0.25, -0.2) is 8.42 Å². The first-order valence-corrected chi connectivity index (χ1v) is 10.3. The fourth-order valence-electron chi connectivity index (χ4n) is 3.36. The first-order chi connectivity index (χ1) is 12.1.